The van der Waals surface area contributed by atoms with Gasteiger partial charge in [-0.1, -0.05) is 0 Å². The average Bonchev–Trinajstić information content (AvgIpc) is 2.28. The fourth-order valence-corrected chi connectivity index (χ4v) is 2.19. The van der Waals surface area contributed by atoms with Crippen molar-refractivity contribution < 1.29 is 18.3 Å². The van der Waals surface area contributed by atoms with Gasteiger partial charge in [-0.3, -0.25) is 0 Å². The second-order valence-electron chi connectivity index (χ2n) is 3.90. The van der Waals surface area contributed by atoms with Crippen molar-refractivity contribution in [2.75, 3.05) is 6.61 Å². The van der Waals surface area contributed by atoms with E-state index in [2.05, 4.69) is 0 Å². The van der Waals surface area contributed by atoms with Crippen LogP contribution in [-0.2, 0) is 4.74 Å². The molecule has 17 heavy (non-hydrogen) atoms. The molecule has 0 N–H and O–H groups in total. The Kier molecular flexibility index (Phi) is 3.84. The normalized spacial score (nSPS) is 27.6. The van der Waals surface area contributed by atoms with Crippen molar-refractivity contribution >= 4 is 11.6 Å². The lowest BCUT2D eigenvalue weighted by Crippen LogP contribution is -2.52. The Balaban J connectivity index is 2.01. The molecule has 1 saturated carbocycles. The molecule has 2 nitrogen and oxygen atoms in total. The summed E-state index contributed by atoms with van der Waals surface area (Å²) in [6, 6.07) is 3.22. The summed E-state index contributed by atoms with van der Waals surface area (Å²) in [6.45, 7) is 2.39. The van der Waals surface area contributed by atoms with Gasteiger partial charge < -0.3 is 9.47 Å². The summed E-state index contributed by atoms with van der Waals surface area (Å²) in [6.07, 6.45) is 0.104. The van der Waals surface area contributed by atoms with Crippen molar-refractivity contribution in [1.29, 1.82) is 0 Å². The molecule has 3 atom stereocenters. The van der Waals surface area contributed by atoms with E-state index in [0.717, 1.165) is 12.1 Å². The lowest BCUT2D eigenvalue weighted by molar-refractivity contribution is -0.0770. The maximum Gasteiger partial charge on any atom is 0.167 e. The Bertz CT molecular complexity index is 400. The summed E-state index contributed by atoms with van der Waals surface area (Å²) in [5.41, 5.74) is 0. The van der Waals surface area contributed by atoms with Gasteiger partial charge in [-0.2, -0.15) is 0 Å². The highest BCUT2D eigenvalue weighted by Crippen LogP contribution is 2.33. The van der Waals surface area contributed by atoms with E-state index in [-0.39, 0.29) is 23.3 Å². The van der Waals surface area contributed by atoms with Crippen LogP contribution in [0, 0.1) is 11.6 Å². The first kappa shape index (κ1) is 12.6. The molecule has 5 heteroatoms. The summed E-state index contributed by atoms with van der Waals surface area (Å²) in [7, 11) is 0. The molecular weight excluding hydrogens is 250 g/mol. The van der Waals surface area contributed by atoms with Crippen LogP contribution in [0.5, 0.6) is 5.75 Å². The minimum atomic E-state index is -0.710. The molecule has 1 aliphatic rings. The summed E-state index contributed by atoms with van der Waals surface area (Å²) in [4.78, 5) is 0. The van der Waals surface area contributed by atoms with Gasteiger partial charge in [0.1, 0.15) is 18.0 Å². The first-order chi connectivity index (χ1) is 8.11. The minimum Gasteiger partial charge on any atom is -0.485 e. The summed E-state index contributed by atoms with van der Waals surface area (Å²) in [5, 5.41) is -0.108. The van der Waals surface area contributed by atoms with E-state index in [4.69, 9.17) is 21.1 Å². The van der Waals surface area contributed by atoms with E-state index in [9.17, 15) is 8.78 Å². The zero-order chi connectivity index (χ0) is 12.4. The van der Waals surface area contributed by atoms with E-state index >= 15 is 0 Å². The summed E-state index contributed by atoms with van der Waals surface area (Å²) in [5.74, 6) is -1.30. The van der Waals surface area contributed by atoms with Crippen molar-refractivity contribution in [3.8, 4) is 5.75 Å². The van der Waals surface area contributed by atoms with E-state index in [1.165, 1.54) is 6.07 Å². The zero-order valence-corrected chi connectivity index (χ0v) is 10.1. The Hall–Kier alpha value is -0.870. The number of ether oxygens (including phenoxy) is 2. The van der Waals surface area contributed by atoms with Crippen LogP contribution in [0.25, 0.3) is 0 Å². The highest BCUT2D eigenvalue weighted by molar-refractivity contribution is 6.21. The molecule has 1 aliphatic carbocycles. The number of halogens is 3. The number of hydrogen-bond acceptors (Lipinski definition) is 2. The summed E-state index contributed by atoms with van der Waals surface area (Å²) >= 11 is 5.96. The Morgan fingerprint density at radius 1 is 1.41 bits per heavy atom. The van der Waals surface area contributed by atoms with Crippen molar-refractivity contribution in [3.63, 3.8) is 0 Å². The second-order valence-corrected chi connectivity index (χ2v) is 4.46. The highest BCUT2D eigenvalue weighted by Gasteiger charge is 2.42. The van der Waals surface area contributed by atoms with Crippen LogP contribution in [0.3, 0.4) is 0 Å². The Morgan fingerprint density at radius 2 is 2.18 bits per heavy atom. The third-order valence-corrected chi connectivity index (χ3v) is 3.14. The van der Waals surface area contributed by atoms with E-state index in [0.29, 0.717) is 13.0 Å². The molecule has 0 heterocycles. The van der Waals surface area contributed by atoms with Gasteiger partial charge in [0.05, 0.1) is 5.38 Å². The molecule has 0 aliphatic heterocycles. The van der Waals surface area contributed by atoms with Gasteiger partial charge in [0.25, 0.3) is 0 Å². The van der Waals surface area contributed by atoms with Crippen LogP contribution in [-0.4, -0.2) is 24.2 Å². The van der Waals surface area contributed by atoms with Gasteiger partial charge in [-0.05, 0) is 19.1 Å². The van der Waals surface area contributed by atoms with Gasteiger partial charge in [0, 0.05) is 19.1 Å². The standard InChI is InChI=1S/C12H13ClF2O2/c1-2-16-12-8(13)6-11(12)17-10-4-3-7(14)5-9(10)15/h3-5,8,11-12H,2,6H2,1H3. The molecule has 2 rings (SSSR count). The predicted molar refractivity (Wildman–Crippen MR) is 60.4 cm³/mol. The predicted octanol–water partition coefficient (Wildman–Crippen LogP) is 3.13. The smallest absolute Gasteiger partial charge is 0.167 e. The van der Waals surface area contributed by atoms with Crippen molar-refractivity contribution in [2.24, 2.45) is 0 Å². The Labute approximate surface area is 103 Å². The highest BCUT2D eigenvalue weighted by atomic mass is 35.5. The molecule has 94 valence electrons. The number of benzene rings is 1. The first-order valence-electron chi connectivity index (χ1n) is 5.49. The van der Waals surface area contributed by atoms with Crippen LogP contribution in [0.1, 0.15) is 13.3 Å². The molecule has 0 aromatic heterocycles. The fourth-order valence-electron chi connectivity index (χ4n) is 1.78. The van der Waals surface area contributed by atoms with Crippen LogP contribution in [0.15, 0.2) is 18.2 Å². The Morgan fingerprint density at radius 3 is 2.76 bits per heavy atom. The molecule has 0 spiro atoms. The van der Waals surface area contributed by atoms with Crippen molar-refractivity contribution in [2.45, 2.75) is 30.9 Å². The number of rotatable bonds is 4. The van der Waals surface area contributed by atoms with Crippen LogP contribution < -0.4 is 4.74 Å². The third-order valence-electron chi connectivity index (χ3n) is 2.71. The van der Waals surface area contributed by atoms with E-state index in [1.54, 1.807) is 0 Å². The molecule has 1 aromatic rings. The molecule has 3 unspecified atom stereocenters. The zero-order valence-electron chi connectivity index (χ0n) is 9.33. The monoisotopic (exact) mass is 262 g/mol. The van der Waals surface area contributed by atoms with Crippen molar-refractivity contribution in [3.05, 3.63) is 29.8 Å². The number of hydrogen-bond donors (Lipinski definition) is 0. The molecule has 1 fully saturated rings. The molecular formula is C12H13ClF2O2. The fraction of sp³-hybridized carbons (Fsp3) is 0.500. The van der Waals surface area contributed by atoms with Crippen molar-refractivity contribution in [1.82, 2.24) is 0 Å². The third kappa shape index (κ3) is 2.69. The van der Waals surface area contributed by atoms with Crippen LogP contribution in [0.4, 0.5) is 8.78 Å². The van der Waals surface area contributed by atoms with E-state index in [1.807, 2.05) is 6.92 Å². The molecule has 0 amide bonds. The lowest BCUT2D eigenvalue weighted by Gasteiger charge is -2.40. The number of alkyl halides is 1. The average molecular weight is 263 g/mol. The maximum absolute atomic E-state index is 13.3. The van der Waals surface area contributed by atoms with Crippen LogP contribution >= 0.6 is 11.6 Å². The van der Waals surface area contributed by atoms with Gasteiger partial charge in [-0.15, -0.1) is 11.6 Å². The topological polar surface area (TPSA) is 18.5 Å². The second kappa shape index (κ2) is 5.19. The molecule has 0 saturated heterocycles. The SMILES string of the molecule is CCOC1C(Cl)CC1Oc1ccc(F)cc1F. The van der Waals surface area contributed by atoms with Gasteiger partial charge in [0.2, 0.25) is 0 Å². The van der Waals surface area contributed by atoms with Gasteiger partial charge >= 0.3 is 0 Å². The van der Waals surface area contributed by atoms with E-state index < -0.39 is 11.6 Å². The maximum atomic E-state index is 13.3. The largest absolute Gasteiger partial charge is 0.485 e. The quantitative estimate of drug-likeness (QED) is 0.776. The first-order valence-corrected chi connectivity index (χ1v) is 5.93. The summed E-state index contributed by atoms with van der Waals surface area (Å²) < 4.78 is 36.8. The molecule has 1 aromatic carbocycles. The molecule has 0 radical (unpaired) electrons. The van der Waals surface area contributed by atoms with Crippen LogP contribution in [0.2, 0.25) is 0 Å². The van der Waals surface area contributed by atoms with Gasteiger partial charge in [-0.25, -0.2) is 8.78 Å². The van der Waals surface area contributed by atoms with Gasteiger partial charge in [0.15, 0.2) is 11.6 Å². The molecule has 0 bridgehead atoms. The lowest BCUT2D eigenvalue weighted by atomic mass is 9.91. The minimum absolute atomic E-state index is 0.0321.